The molecule has 2 aliphatic rings. The van der Waals surface area contributed by atoms with Gasteiger partial charge in [0.25, 0.3) is 0 Å². The second-order valence-corrected chi connectivity index (χ2v) is 8.62. The predicted molar refractivity (Wildman–Crippen MR) is 97.6 cm³/mol. The molecule has 1 saturated heterocycles. The van der Waals surface area contributed by atoms with Gasteiger partial charge in [0.15, 0.2) is 11.5 Å². The Morgan fingerprint density at radius 1 is 1.04 bits per heavy atom. The molecule has 6 nitrogen and oxygen atoms in total. The van der Waals surface area contributed by atoms with E-state index in [1.54, 1.807) is 22.5 Å². The topological polar surface area (TPSA) is 59.1 Å². The van der Waals surface area contributed by atoms with Crippen molar-refractivity contribution >= 4 is 10.0 Å². The Morgan fingerprint density at radius 3 is 2.58 bits per heavy atom. The molecule has 0 aromatic heterocycles. The lowest BCUT2D eigenvalue weighted by Crippen LogP contribution is -2.53. The van der Waals surface area contributed by atoms with Crippen molar-refractivity contribution in [2.75, 3.05) is 26.4 Å². The zero-order valence-electron chi connectivity index (χ0n) is 14.7. The fourth-order valence-electron chi connectivity index (χ4n) is 3.42. The van der Waals surface area contributed by atoms with Crippen LogP contribution in [0.15, 0.2) is 53.4 Å². The van der Waals surface area contributed by atoms with Crippen LogP contribution in [-0.4, -0.2) is 50.1 Å². The molecule has 2 heterocycles. The number of rotatable bonds is 4. The van der Waals surface area contributed by atoms with Gasteiger partial charge in [-0.15, -0.1) is 0 Å². The van der Waals surface area contributed by atoms with Crippen molar-refractivity contribution in [3.63, 3.8) is 0 Å². The van der Waals surface area contributed by atoms with E-state index in [2.05, 4.69) is 24.0 Å². The number of sulfonamides is 1. The van der Waals surface area contributed by atoms with E-state index in [0.717, 1.165) is 6.54 Å². The van der Waals surface area contributed by atoms with Crippen molar-refractivity contribution in [1.29, 1.82) is 0 Å². The third-order valence-electron chi connectivity index (χ3n) is 4.94. The van der Waals surface area contributed by atoms with Crippen LogP contribution in [0.5, 0.6) is 11.5 Å². The van der Waals surface area contributed by atoms with Gasteiger partial charge in [0.05, 0.1) is 4.90 Å². The molecule has 2 aliphatic heterocycles. The van der Waals surface area contributed by atoms with E-state index in [0.29, 0.717) is 31.1 Å². The van der Waals surface area contributed by atoms with E-state index in [1.165, 1.54) is 5.56 Å². The van der Waals surface area contributed by atoms with E-state index in [1.807, 2.05) is 18.2 Å². The minimum absolute atomic E-state index is 0.133. The highest BCUT2D eigenvalue weighted by atomic mass is 32.2. The average molecular weight is 374 g/mol. The molecule has 1 unspecified atom stereocenters. The molecule has 2 aromatic carbocycles. The maximum absolute atomic E-state index is 13.0. The Balaban J connectivity index is 1.47. The average Bonchev–Trinajstić information content (AvgIpc) is 3.12. The first-order valence-electron chi connectivity index (χ1n) is 8.72. The number of nitrogens with zero attached hydrogens (tertiary/aromatic N) is 2. The van der Waals surface area contributed by atoms with Crippen LogP contribution in [-0.2, 0) is 16.6 Å². The second-order valence-electron chi connectivity index (χ2n) is 6.68. The largest absolute Gasteiger partial charge is 0.454 e. The quantitative estimate of drug-likeness (QED) is 0.822. The molecule has 7 heteroatoms. The maximum atomic E-state index is 13.0. The van der Waals surface area contributed by atoms with E-state index in [9.17, 15) is 8.42 Å². The van der Waals surface area contributed by atoms with Crippen LogP contribution >= 0.6 is 0 Å². The molecule has 4 rings (SSSR count). The van der Waals surface area contributed by atoms with Crippen molar-refractivity contribution in [2.45, 2.75) is 24.4 Å². The lowest BCUT2D eigenvalue weighted by atomic mass is 10.1. The minimum Gasteiger partial charge on any atom is -0.454 e. The van der Waals surface area contributed by atoms with Gasteiger partial charge in [-0.25, -0.2) is 8.42 Å². The molecular formula is C19H22N2O4S. The Hall–Kier alpha value is -2.09. The number of hydrogen-bond acceptors (Lipinski definition) is 5. The zero-order valence-corrected chi connectivity index (χ0v) is 15.5. The lowest BCUT2D eigenvalue weighted by Gasteiger charge is -2.39. The van der Waals surface area contributed by atoms with E-state index >= 15 is 0 Å². The van der Waals surface area contributed by atoms with Crippen molar-refractivity contribution in [1.82, 2.24) is 9.21 Å². The first kappa shape index (κ1) is 17.3. The first-order valence-corrected chi connectivity index (χ1v) is 10.2. The van der Waals surface area contributed by atoms with E-state index < -0.39 is 10.0 Å². The molecule has 0 spiro atoms. The number of fused-ring (bicyclic) bond motifs is 1. The fourth-order valence-corrected chi connectivity index (χ4v) is 4.95. The summed E-state index contributed by atoms with van der Waals surface area (Å²) in [6, 6.07) is 15.2. The van der Waals surface area contributed by atoms with Crippen LogP contribution < -0.4 is 9.47 Å². The summed E-state index contributed by atoms with van der Waals surface area (Å²) in [5.41, 5.74) is 1.24. The third kappa shape index (κ3) is 3.30. The molecule has 0 saturated carbocycles. The van der Waals surface area contributed by atoms with Gasteiger partial charge in [0.1, 0.15) is 0 Å². The summed E-state index contributed by atoms with van der Waals surface area (Å²) in [5, 5.41) is 0. The number of hydrogen-bond donors (Lipinski definition) is 0. The molecular weight excluding hydrogens is 352 g/mol. The van der Waals surface area contributed by atoms with Gasteiger partial charge < -0.3 is 9.47 Å². The summed E-state index contributed by atoms with van der Waals surface area (Å²) < 4.78 is 38.2. The SMILES string of the molecule is CC1CN(S(=O)(=O)c2ccc3c(c2)OCO3)CCN1Cc1ccccc1. The molecule has 0 aliphatic carbocycles. The summed E-state index contributed by atoms with van der Waals surface area (Å²) in [6.07, 6.45) is 0. The highest BCUT2D eigenvalue weighted by Crippen LogP contribution is 2.35. The van der Waals surface area contributed by atoms with Gasteiger partial charge in [-0.05, 0) is 24.6 Å². The highest BCUT2D eigenvalue weighted by molar-refractivity contribution is 7.89. The van der Waals surface area contributed by atoms with E-state index in [-0.39, 0.29) is 17.7 Å². The summed E-state index contributed by atoms with van der Waals surface area (Å²) >= 11 is 0. The Labute approximate surface area is 154 Å². The van der Waals surface area contributed by atoms with Crippen molar-refractivity contribution in [3.05, 3.63) is 54.1 Å². The molecule has 0 amide bonds. The fraction of sp³-hybridized carbons (Fsp3) is 0.368. The van der Waals surface area contributed by atoms with Crippen molar-refractivity contribution in [3.8, 4) is 11.5 Å². The first-order chi connectivity index (χ1) is 12.5. The molecule has 138 valence electrons. The van der Waals surface area contributed by atoms with Gasteiger partial charge in [-0.2, -0.15) is 4.31 Å². The molecule has 1 atom stereocenters. The van der Waals surface area contributed by atoms with Crippen LogP contribution in [0.25, 0.3) is 0 Å². The molecule has 0 radical (unpaired) electrons. The second kappa shape index (κ2) is 6.90. The molecule has 0 N–H and O–H groups in total. The number of benzene rings is 2. The number of ether oxygens (including phenoxy) is 2. The molecule has 1 fully saturated rings. The van der Waals surface area contributed by atoms with Crippen LogP contribution in [0.2, 0.25) is 0 Å². The predicted octanol–water partition coefficient (Wildman–Crippen LogP) is 2.31. The standard InChI is InChI=1S/C19H22N2O4S/c1-15-12-21(10-9-20(15)13-16-5-3-2-4-6-16)26(22,23)17-7-8-18-19(11-17)25-14-24-18/h2-8,11,15H,9-10,12-14H2,1H3. The van der Waals surface area contributed by atoms with Gasteiger partial charge >= 0.3 is 0 Å². The Morgan fingerprint density at radius 2 is 1.81 bits per heavy atom. The molecule has 26 heavy (non-hydrogen) atoms. The van der Waals surface area contributed by atoms with Crippen LogP contribution in [0.3, 0.4) is 0 Å². The smallest absolute Gasteiger partial charge is 0.243 e. The van der Waals surface area contributed by atoms with Gasteiger partial charge in [0.2, 0.25) is 16.8 Å². The summed E-state index contributed by atoms with van der Waals surface area (Å²) in [6.45, 7) is 4.70. The lowest BCUT2D eigenvalue weighted by molar-refractivity contribution is 0.122. The van der Waals surface area contributed by atoms with Crippen LogP contribution in [0, 0.1) is 0 Å². The van der Waals surface area contributed by atoms with Crippen LogP contribution in [0.4, 0.5) is 0 Å². The van der Waals surface area contributed by atoms with Crippen molar-refractivity contribution in [2.24, 2.45) is 0 Å². The van der Waals surface area contributed by atoms with Gasteiger partial charge in [0, 0.05) is 38.3 Å². The minimum atomic E-state index is -3.54. The molecule has 2 aromatic rings. The Kier molecular flexibility index (Phi) is 4.60. The highest BCUT2D eigenvalue weighted by Gasteiger charge is 2.33. The number of piperazine rings is 1. The summed E-state index contributed by atoms with van der Waals surface area (Å²) in [4.78, 5) is 2.58. The maximum Gasteiger partial charge on any atom is 0.243 e. The Bertz CT molecular complexity index is 886. The van der Waals surface area contributed by atoms with Crippen molar-refractivity contribution < 1.29 is 17.9 Å². The van der Waals surface area contributed by atoms with Crippen LogP contribution in [0.1, 0.15) is 12.5 Å². The van der Waals surface area contributed by atoms with Gasteiger partial charge in [-0.3, -0.25) is 4.90 Å². The molecule has 0 bridgehead atoms. The van der Waals surface area contributed by atoms with Gasteiger partial charge in [-0.1, -0.05) is 30.3 Å². The summed E-state index contributed by atoms with van der Waals surface area (Å²) in [7, 11) is -3.54. The summed E-state index contributed by atoms with van der Waals surface area (Å²) in [5.74, 6) is 1.08. The normalized spacial score (nSPS) is 21.0. The van der Waals surface area contributed by atoms with E-state index in [4.69, 9.17) is 9.47 Å². The monoisotopic (exact) mass is 374 g/mol. The zero-order chi connectivity index (χ0) is 18.1. The third-order valence-corrected chi connectivity index (χ3v) is 6.80.